The molecule has 160 valence electrons. The van der Waals surface area contributed by atoms with E-state index in [-0.39, 0.29) is 24.5 Å². The van der Waals surface area contributed by atoms with Crippen molar-refractivity contribution in [2.45, 2.75) is 24.1 Å². The van der Waals surface area contributed by atoms with Gasteiger partial charge in [-0.2, -0.15) is 0 Å². The van der Waals surface area contributed by atoms with Crippen LogP contribution in [0.3, 0.4) is 0 Å². The maximum Gasteiger partial charge on any atom is 0.333 e. The fraction of sp³-hybridized carbons (Fsp3) is 0.261. The number of nitrogens with zero attached hydrogens (tertiary/aromatic N) is 1. The molecule has 0 bridgehead atoms. The lowest BCUT2D eigenvalue weighted by Gasteiger charge is -2.52. The summed E-state index contributed by atoms with van der Waals surface area (Å²) in [7, 11) is 0. The second-order valence-electron chi connectivity index (χ2n) is 7.25. The van der Waals surface area contributed by atoms with Crippen molar-refractivity contribution in [2.75, 3.05) is 12.4 Å². The van der Waals surface area contributed by atoms with Crippen molar-refractivity contribution >= 4 is 29.5 Å². The number of hydrogen-bond acceptors (Lipinski definition) is 6. The molecule has 0 aromatic heterocycles. The van der Waals surface area contributed by atoms with Crippen LogP contribution in [-0.2, 0) is 25.7 Å². The summed E-state index contributed by atoms with van der Waals surface area (Å²) < 4.78 is 10.9. The first-order chi connectivity index (χ1) is 15.0. The Balaban J connectivity index is 1.33. The molecule has 0 spiro atoms. The van der Waals surface area contributed by atoms with E-state index in [1.54, 1.807) is 12.1 Å². The molecule has 2 saturated heterocycles. The number of benzene rings is 2. The predicted molar refractivity (Wildman–Crippen MR) is 116 cm³/mol. The Hall–Kier alpha value is -3.26. The van der Waals surface area contributed by atoms with Crippen LogP contribution in [-0.4, -0.2) is 52.5 Å². The summed E-state index contributed by atoms with van der Waals surface area (Å²) in [4.78, 5) is 39.2. The minimum atomic E-state index is -0.837. The molecule has 1 unspecified atom stereocenters. The normalized spacial score (nSPS) is 22.2. The minimum Gasteiger partial charge on any atom is -0.484 e. The molecule has 7 nitrogen and oxygen atoms in total. The lowest BCUT2D eigenvalue weighted by atomic mass is 9.98. The number of para-hydroxylation sites is 1. The van der Waals surface area contributed by atoms with Gasteiger partial charge in [-0.15, -0.1) is 11.8 Å². The number of fused-ring (bicyclic) bond motifs is 1. The van der Waals surface area contributed by atoms with E-state index in [9.17, 15) is 14.4 Å². The molecule has 8 heteroatoms. The van der Waals surface area contributed by atoms with Crippen LogP contribution in [0.2, 0.25) is 0 Å². The highest BCUT2D eigenvalue weighted by atomic mass is 32.2. The summed E-state index contributed by atoms with van der Waals surface area (Å²) >= 11 is 1.47. The molecule has 1 N–H and O–H groups in total. The lowest BCUT2D eigenvalue weighted by molar-refractivity contribution is -0.164. The quantitative estimate of drug-likeness (QED) is 0.405. The van der Waals surface area contributed by atoms with E-state index in [2.05, 4.69) is 11.9 Å². The Labute approximate surface area is 184 Å². The molecule has 31 heavy (non-hydrogen) atoms. The van der Waals surface area contributed by atoms with E-state index in [1.807, 2.05) is 48.5 Å². The first-order valence-corrected chi connectivity index (χ1v) is 10.9. The highest BCUT2D eigenvalue weighted by molar-refractivity contribution is 8.00. The number of hydrogen-bond donors (Lipinski definition) is 1. The van der Waals surface area contributed by atoms with Gasteiger partial charge >= 0.3 is 5.97 Å². The van der Waals surface area contributed by atoms with Gasteiger partial charge in [0.1, 0.15) is 23.8 Å². The monoisotopic (exact) mass is 438 g/mol. The zero-order chi connectivity index (χ0) is 21.8. The summed E-state index contributed by atoms with van der Waals surface area (Å²) in [6.45, 7) is 3.88. The molecule has 2 aliphatic rings. The van der Waals surface area contributed by atoms with Gasteiger partial charge in [0.15, 0.2) is 12.6 Å². The van der Waals surface area contributed by atoms with Crippen LogP contribution in [0.25, 0.3) is 0 Å². The number of nitrogens with one attached hydrogen (secondary N) is 1. The van der Waals surface area contributed by atoms with Gasteiger partial charge in [-0.1, -0.05) is 55.1 Å². The molecular weight excluding hydrogens is 416 g/mol. The summed E-state index contributed by atoms with van der Waals surface area (Å²) in [5.74, 6) is -0.150. The molecule has 4 rings (SSSR count). The molecule has 2 amide bonds. The van der Waals surface area contributed by atoms with E-state index < -0.39 is 24.0 Å². The third kappa shape index (κ3) is 4.59. The summed E-state index contributed by atoms with van der Waals surface area (Å²) in [5.41, 5.74) is 1.48. The van der Waals surface area contributed by atoms with Gasteiger partial charge in [0, 0.05) is 5.75 Å². The van der Waals surface area contributed by atoms with Crippen molar-refractivity contribution in [3.8, 4) is 5.75 Å². The zero-order valence-electron chi connectivity index (χ0n) is 16.7. The van der Waals surface area contributed by atoms with E-state index in [1.165, 1.54) is 16.7 Å². The number of thioether (sulfide) groups is 1. The molecular formula is C23H22N2O5S. The van der Waals surface area contributed by atoms with E-state index in [0.29, 0.717) is 17.1 Å². The Morgan fingerprint density at radius 1 is 1.10 bits per heavy atom. The van der Waals surface area contributed by atoms with Gasteiger partial charge in [-0.3, -0.25) is 9.59 Å². The maximum absolute atomic E-state index is 12.7. The summed E-state index contributed by atoms with van der Waals surface area (Å²) in [6, 6.07) is 16.8. The fourth-order valence-electron chi connectivity index (χ4n) is 3.51. The lowest BCUT2D eigenvalue weighted by Crippen LogP contribution is -2.74. The average molecular weight is 439 g/mol. The van der Waals surface area contributed by atoms with Crippen LogP contribution < -0.4 is 10.1 Å². The van der Waals surface area contributed by atoms with E-state index in [0.717, 1.165) is 5.56 Å². The molecule has 0 aliphatic carbocycles. The van der Waals surface area contributed by atoms with Crippen molar-refractivity contribution in [1.82, 2.24) is 10.2 Å². The number of β-lactam (4-membered cyclic amide) rings is 1. The molecule has 2 heterocycles. The summed E-state index contributed by atoms with van der Waals surface area (Å²) in [6.07, 6.45) is 0. The van der Waals surface area contributed by atoms with Crippen LogP contribution in [0.5, 0.6) is 5.75 Å². The van der Waals surface area contributed by atoms with Gasteiger partial charge in [0.2, 0.25) is 5.91 Å². The highest BCUT2D eigenvalue weighted by Gasteiger charge is 2.56. The molecule has 2 fully saturated rings. The van der Waals surface area contributed by atoms with Crippen molar-refractivity contribution in [3.05, 3.63) is 78.4 Å². The van der Waals surface area contributed by atoms with Gasteiger partial charge in [0.05, 0.1) is 0 Å². The highest BCUT2D eigenvalue weighted by Crippen LogP contribution is 2.40. The van der Waals surface area contributed by atoms with Crippen LogP contribution in [0.1, 0.15) is 5.56 Å². The number of esters is 1. The van der Waals surface area contributed by atoms with Crippen LogP contribution in [0.15, 0.2) is 72.8 Å². The van der Waals surface area contributed by atoms with E-state index >= 15 is 0 Å². The standard InChI is InChI=1S/C23H22N2O5S/c1-15-14-31-22-19(24-18(26)13-29-17-10-6-3-7-11-17)21(27)25(22)20(15)23(28)30-12-16-8-4-2-5-9-16/h2-11,19-20,22H,1,12-14H2,(H,24,26)/t19-,20?,22-/m1/s1. The second kappa shape index (κ2) is 9.26. The molecule has 0 radical (unpaired) electrons. The maximum atomic E-state index is 12.7. The van der Waals surface area contributed by atoms with Crippen LogP contribution in [0, 0.1) is 0 Å². The van der Waals surface area contributed by atoms with Crippen LogP contribution in [0.4, 0.5) is 0 Å². The molecule has 2 aromatic rings. The Morgan fingerprint density at radius 2 is 1.77 bits per heavy atom. The van der Waals surface area contributed by atoms with E-state index in [4.69, 9.17) is 9.47 Å². The largest absolute Gasteiger partial charge is 0.484 e. The first kappa shape index (κ1) is 21.0. The predicted octanol–water partition coefficient (Wildman–Crippen LogP) is 2.13. The topological polar surface area (TPSA) is 84.9 Å². The van der Waals surface area contributed by atoms with Gasteiger partial charge in [-0.05, 0) is 23.3 Å². The van der Waals surface area contributed by atoms with Gasteiger partial charge in [0.25, 0.3) is 5.91 Å². The Morgan fingerprint density at radius 3 is 2.48 bits per heavy atom. The third-order valence-electron chi connectivity index (χ3n) is 5.06. The van der Waals surface area contributed by atoms with Crippen molar-refractivity contribution in [3.63, 3.8) is 0 Å². The molecule has 2 aromatic carbocycles. The molecule has 2 aliphatic heterocycles. The fourth-order valence-corrected chi connectivity index (χ4v) is 4.81. The van der Waals surface area contributed by atoms with Crippen molar-refractivity contribution < 1.29 is 23.9 Å². The number of amides is 2. The van der Waals surface area contributed by atoms with Crippen LogP contribution >= 0.6 is 11.8 Å². The number of carbonyl (C=O) groups excluding carboxylic acids is 3. The molecule has 0 saturated carbocycles. The summed E-state index contributed by atoms with van der Waals surface area (Å²) in [5, 5.41) is 2.37. The van der Waals surface area contributed by atoms with Crippen molar-refractivity contribution in [2.24, 2.45) is 0 Å². The smallest absolute Gasteiger partial charge is 0.333 e. The minimum absolute atomic E-state index is 0.125. The third-order valence-corrected chi connectivity index (χ3v) is 6.44. The second-order valence-corrected chi connectivity index (χ2v) is 8.35. The zero-order valence-corrected chi connectivity index (χ0v) is 17.5. The van der Waals surface area contributed by atoms with Gasteiger partial charge in [-0.25, -0.2) is 4.79 Å². The SMILES string of the molecule is C=C1CS[C@@H]2[C@H](NC(=O)COc3ccccc3)C(=O)N2C1C(=O)OCc1ccccc1. The molecule has 3 atom stereocenters. The van der Waals surface area contributed by atoms with Crippen molar-refractivity contribution in [1.29, 1.82) is 0 Å². The Bertz CT molecular complexity index is 982. The number of ether oxygens (including phenoxy) is 2. The number of rotatable bonds is 7. The average Bonchev–Trinajstić information content (AvgIpc) is 2.80. The number of carbonyl (C=O) groups is 3. The first-order valence-electron chi connectivity index (χ1n) is 9.84. The van der Waals surface area contributed by atoms with Gasteiger partial charge < -0.3 is 19.7 Å². The Kier molecular flexibility index (Phi) is 6.27.